The third kappa shape index (κ3) is 8.02. The Morgan fingerprint density at radius 3 is 2.42 bits per heavy atom. The molecule has 0 spiro atoms. The maximum Gasteiger partial charge on any atom is 0.0165 e. The zero-order valence-corrected chi connectivity index (χ0v) is 8.60. The minimum Gasteiger partial charge on any atom is -0.327 e. The Kier molecular flexibility index (Phi) is 8.95. The van der Waals surface area contributed by atoms with E-state index < -0.39 is 0 Å². The zero-order chi connectivity index (χ0) is 9.23. The molecule has 0 saturated carbocycles. The summed E-state index contributed by atoms with van der Waals surface area (Å²) in [5.41, 5.74) is 5.88. The third-order valence-corrected chi connectivity index (χ3v) is 2.04. The highest BCUT2D eigenvalue weighted by Crippen LogP contribution is 1.96. The topological polar surface area (TPSA) is 38.0 Å². The van der Waals surface area contributed by atoms with Gasteiger partial charge in [0.05, 0.1) is 0 Å². The van der Waals surface area contributed by atoms with E-state index in [1.165, 1.54) is 25.7 Å². The van der Waals surface area contributed by atoms with Gasteiger partial charge in [0.15, 0.2) is 0 Å². The number of hydrogen-bond acceptors (Lipinski definition) is 2. The summed E-state index contributed by atoms with van der Waals surface area (Å²) < 4.78 is 0. The molecular formula is C10H24N2. The van der Waals surface area contributed by atoms with Gasteiger partial charge < -0.3 is 11.1 Å². The summed E-state index contributed by atoms with van der Waals surface area (Å²) in [6.07, 6.45) is 6.20. The molecule has 3 N–H and O–H groups in total. The van der Waals surface area contributed by atoms with Crippen LogP contribution in [0.2, 0.25) is 0 Å². The summed E-state index contributed by atoms with van der Waals surface area (Å²) in [7, 11) is 0. The Morgan fingerprint density at radius 1 is 1.17 bits per heavy atom. The van der Waals surface area contributed by atoms with E-state index in [-0.39, 0.29) is 0 Å². The molecule has 0 radical (unpaired) electrons. The summed E-state index contributed by atoms with van der Waals surface area (Å²) in [4.78, 5) is 0. The monoisotopic (exact) mass is 172 g/mol. The number of nitrogens with two attached hydrogens (primary N) is 1. The first-order valence-corrected chi connectivity index (χ1v) is 5.27. The number of nitrogens with one attached hydrogen (secondary N) is 1. The van der Waals surface area contributed by atoms with E-state index in [1.54, 1.807) is 0 Å². The molecule has 1 atom stereocenters. The molecule has 2 heteroatoms. The van der Waals surface area contributed by atoms with Gasteiger partial charge >= 0.3 is 0 Å². The molecule has 0 aromatic rings. The zero-order valence-electron chi connectivity index (χ0n) is 8.60. The van der Waals surface area contributed by atoms with Crippen LogP contribution in [0.1, 0.15) is 46.0 Å². The van der Waals surface area contributed by atoms with Crippen LogP contribution in [0.4, 0.5) is 0 Å². The molecular weight excluding hydrogens is 148 g/mol. The maximum atomic E-state index is 5.88. The van der Waals surface area contributed by atoms with Crippen molar-refractivity contribution in [2.24, 2.45) is 5.73 Å². The van der Waals surface area contributed by atoms with Crippen molar-refractivity contribution in [3.8, 4) is 0 Å². The molecule has 2 nitrogen and oxygen atoms in total. The highest BCUT2D eigenvalue weighted by atomic mass is 14.9. The van der Waals surface area contributed by atoms with Gasteiger partial charge in [0.25, 0.3) is 0 Å². The Hall–Kier alpha value is -0.0800. The Bertz CT molecular complexity index is 83.9. The number of unbranched alkanes of at least 4 members (excludes halogenated alkanes) is 2. The van der Waals surface area contributed by atoms with Crippen molar-refractivity contribution in [2.75, 3.05) is 13.1 Å². The fourth-order valence-corrected chi connectivity index (χ4v) is 1.16. The fourth-order valence-electron chi connectivity index (χ4n) is 1.16. The summed E-state index contributed by atoms with van der Waals surface area (Å²) in [6.45, 7) is 6.52. The predicted octanol–water partition coefficient (Wildman–Crippen LogP) is 1.89. The summed E-state index contributed by atoms with van der Waals surface area (Å²) in [6, 6.07) is 0.363. The maximum absolute atomic E-state index is 5.88. The van der Waals surface area contributed by atoms with Crippen LogP contribution in [0.3, 0.4) is 0 Å². The average Bonchev–Trinajstić information content (AvgIpc) is 2.09. The van der Waals surface area contributed by atoms with Crippen LogP contribution in [0, 0.1) is 0 Å². The normalized spacial score (nSPS) is 13.2. The van der Waals surface area contributed by atoms with Gasteiger partial charge in [-0.05, 0) is 19.4 Å². The standard InChI is InChI=1S/C10H24N2/c1-3-5-7-10(11)9-12-8-6-4-2/h10,12H,3-9,11H2,1-2H3. The van der Waals surface area contributed by atoms with Crippen molar-refractivity contribution in [3.05, 3.63) is 0 Å². The highest BCUT2D eigenvalue weighted by molar-refractivity contribution is 4.63. The number of rotatable bonds is 8. The van der Waals surface area contributed by atoms with E-state index in [0.717, 1.165) is 19.5 Å². The molecule has 0 amide bonds. The van der Waals surface area contributed by atoms with Crippen molar-refractivity contribution < 1.29 is 0 Å². The molecule has 0 fully saturated rings. The molecule has 0 rings (SSSR count). The molecule has 0 aliphatic carbocycles. The molecule has 0 aromatic carbocycles. The summed E-state index contributed by atoms with van der Waals surface area (Å²) in [5.74, 6) is 0. The van der Waals surface area contributed by atoms with Gasteiger partial charge in [-0.15, -0.1) is 0 Å². The molecule has 0 aliphatic rings. The smallest absolute Gasteiger partial charge is 0.0165 e. The summed E-state index contributed by atoms with van der Waals surface area (Å²) in [5, 5.41) is 3.37. The van der Waals surface area contributed by atoms with E-state index in [9.17, 15) is 0 Å². The lowest BCUT2D eigenvalue weighted by atomic mass is 10.1. The third-order valence-electron chi connectivity index (χ3n) is 2.04. The van der Waals surface area contributed by atoms with Crippen molar-refractivity contribution in [2.45, 2.75) is 52.0 Å². The van der Waals surface area contributed by atoms with E-state index in [0.29, 0.717) is 6.04 Å². The second-order valence-electron chi connectivity index (χ2n) is 3.46. The van der Waals surface area contributed by atoms with Crippen molar-refractivity contribution in [1.29, 1.82) is 0 Å². The molecule has 1 unspecified atom stereocenters. The minimum absolute atomic E-state index is 0.363. The van der Waals surface area contributed by atoms with E-state index >= 15 is 0 Å². The van der Waals surface area contributed by atoms with Gasteiger partial charge in [-0.25, -0.2) is 0 Å². The van der Waals surface area contributed by atoms with Gasteiger partial charge in [-0.2, -0.15) is 0 Å². The predicted molar refractivity (Wildman–Crippen MR) is 55.3 cm³/mol. The van der Waals surface area contributed by atoms with Gasteiger partial charge in [-0.3, -0.25) is 0 Å². The Balaban J connectivity index is 3.02. The fraction of sp³-hybridized carbons (Fsp3) is 1.00. The van der Waals surface area contributed by atoms with Crippen LogP contribution in [0.25, 0.3) is 0 Å². The van der Waals surface area contributed by atoms with Crippen LogP contribution in [0.5, 0.6) is 0 Å². The van der Waals surface area contributed by atoms with Crippen molar-refractivity contribution in [1.82, 2.24) is 5.32 Å². The average molecular weight is 172 g/mol. The largest absolute Gasteiger partial charge is 0.327 e. The van der Waals surface area contributed by atoms with Crippen molar-refractivity contribution in [3.63, 3.8) is 0 Å². The molecule has 0 bridgehead atoms. The molecule has 12 heavy (non-hydrogen) atoms. The molecule has 0 heterocycles. The first-order chi connectivity index (χ1) is 5.81. The van der Waals surface area contributed by atoms with E-state index in [4.69, 9.17) is 5.73 Å². The highest BCUT2D eigenvalue weighted by Gasteiger charge is 1.99. The van der Waals surface area contributed by atoms with Gasteiger partial charge in [0, 0.05) is 12.6 Å². The summed E-state index contributed by atoms with van der Waals surface area (Å²) >= 11 is 0. The first-order valence-electron chi connectivity index (χ1n) is 5.27. The van der Waals surface area contributed by atoms with E-state index in [1.807, 2.05) is 0 Å². The Labute approximate surface area is 76.9 Å². The van der Waals surface area contributed by atoms with Gasteiger partial charge in [0.2, 0.25) is 0 Å². The van der Waals surface area contributed by atoms with Crippen LogP contribution in [-0.4, -0.2) is 19.1 Å². The molecule has 0 saturated heterocycles. The minimum atomic E-state index is 0.363. The SMILES string of the molecule is CCCCNCC(N)CCCC. The van der Waals surface area contributed by atoms with Crippen LogP contribution >= 0.6 is 0 Å². The second-order valence-corrected chi connectivity index (χ2v) is 3.46. The van der Waals surface area contributed by atoms with Crippen LogP contribution in [-0.2, 0) is 0 Å². The Morgan fingerprint density at radius 2 is 1.83 bits per heavy atom. The van der Waals surface area contributed by atoms with Gasteiger partial charge in [-0.1, -0.05) is 33.1 Å². The quantitative estimate of drug-likeness (QED) is 0.549. The van der Waals surface area contributed by atoms with Crippen LogP contribution in [0.15, 0.2) is 0 Å². The lowest BCUT2D eigenvalue weighted by molar-refractivity contribution is 0.518. The second kappa shape index (κ2) is 9.01. The van der Waals surface area contributed by atoms with Gasteiger partial charge in [0.1, 0.15) is 0 Å². The van der Waals surface area contributed by atoms with E-state index in [2.05, 4.69) is 19.2 Å². The van der Waals surface area contributed by atoms with Crippen molar-refractivity contribution >= 4 is 0 Å². The van der Waals surface area contributed by atoms with Crippen LogP contribution < -0.4 is 11.1 Å². The molecule has 74 valence electrons. The molecule has 0 aliphatic heterocycles. The lowest BCUT2D eigenvalue weighted by Crippen LogP contribution is -2.34. The number of hydrogen-bond donors (Lipinski definition) is 2. The lowest BCUT2D eigenvalue weighted by Gasteiger charge is -2.11. The first kappa shape index (κ1) is 11.9. The molecule has 0 aromatic heterocycles.